The number of hydrogen-bond acceptors (Lipinski definition) is 2. The number of aromatic hydroxyl groups is 1. The van der Waals surface area contributed by atoms with Crippen LogP contribution < -0.4 is 0 Å². The summed E-state index contributed by atoms with van der Waals surface area (Å²) in [5, 5.41) is 13.5. The Morgan fingerprint density at radius 3 is 2.59 bits per heavy atom. The van der Waals surface area contributed by atoms with Crippen molar-refractivity contribution in [3.8, 4) is 16.9 Å². The van der Waals surface area contributed by atoms with Gasteiger partial charge in [-0.1, -0.05) is 30.3 Å². The van der Waals surface area contributed by atoms with Crippen LogP contribution in [0.25, 0.3) is 21.2 Å². The fourth-order valence-corrected chi connectivity index (χ4v) is 3.20. The highest BCUT2D eigenvalue weighted by Crippen LogP contribution is 2.40. The number of phenols is 1. The molecule has 1 heterocycles. The van der Waals surface area contributed by atoms with Crippen molar-refractivity contribution in [3.05, 3.63) is 53.4 Å². The van der Waals surface area contributed by atoms with Gasteiger partial charge in [-0.2, -0.15) is 0 Å². The van der Waals surface area contributed by atoms with Gasteiger partial charge in [-0.15, -0.1) is 11.3 Å². The third kappa shape index (κ3) is 1.61. The van der Waals surface area contributed by atoms with Gasteiger partial charge in [-0.3, -0.25) is 0 Å². The fourth-order valence-electron chi connectivity index (χ4n) is 2.17. The Hall–Kier alpha value is -1.80. The Bertz CT molecular complexity index is 668. The quantitative estimate of drug-likeness (QED) is 0.660. The molecule has 1 aromatic heterocycles. The molecule has 84 valence electrons. The number of rotatable bonds is 1. The maximum Gasteiger partial charge on any atom is 0.125 e. The molecule has 0 saturated carbocycles. The molecule has 17 heavy (non-hydrogen) atoms. The van der Waals surface area contributed by atoms with Gasteiger partial charge < -0.3 is 5.11 Å². The molecule has 2 aromatic carbocycles. The topological polar surface area (TPSA) is 20.2 Å². The van der Waals surface area contributed by atoms with Crippen molar-refractivity contribution in [3.63, 3.8) is 0 Å². The molecular formula is C15H12OS. The first-order chi connectivity index (χ1) is 8.27. The van der Waals surface area contributed by atoms with E-state index in [1.165, 1.54) is 5.39 Å². The Labute approximate surface area is 104 Å². The summed E-state index contributed by atoms with van der Waals surface area (Å²) >= 11 is 1.68. The summed E-state index contributed by atoms with van der Waals surface area (Å²) in [6.07, 6.45) is 0. The molecule has 0 bridgehead atoms. The highest BCUT2D eigenvalue weighted by molar-refractivity contribution is 7.17. The molecule has 3 aromatic rings. The Morgan fingerprint density at radius 2 is 1.82 bits per heavy atom. The predicted molar refractivity (Wildman–Crippen MR) is 73.7 cm³/mol. The summed E-state index contributed by atoms with van der Waals surface area (Å²) < 4.78 is 1.16. The van der Waals surface area contributed by atoms with Gasteiger partial charge in [0.25, 0.3) is 0 Å². The average Bonchev–Trinajstić information content (AvgIpc) is 2.79. The highest BCUT2D eigenvalue weighted by atomic mass is 32.1. The van der Waals surface area contributed by atoms with Crippen LogP contribution in [0.1, 0.15) is 5.56 Å². The summed E-state index contributed by atoms with van der Waals surface area (Å²) in [4.78, 5) is 0. The van der Waals surface area contributed by atoms with Gasteiger partial charge in [-0.25, -0.2) is 0 Å². The lowest BCUT2D eigenvalue weighted by Gasteiger charge is -2.08. The first-order valence-corrected chi connectivity index (χ1v) is 6.40. The van der Waals surface area contributed by atoms with E-state index in [1.54, 1.807) is 11.3 Å². The summed E-state index contributed by atoms with van der Waals surface area (Å²) in [6.45, 7) is 2.03. The van der Waals surface area contributed by atoms with Crippen LogP contribution in [0.3, 0.4) is 0 Å². The molecular weight excluding hydrogens is 228 g/mol. The van der Waals surface area contributed by atoms with Gasteiger partial charge in [0.05, 0.1) is 0 Å². The summed E-state index contributed by atoms with van der Waals surface area (Å²) in [5.41, 5.74) is 3.14. The van der Waals surface area contributed by atoms with Crippen molar-refractivity contribution >= 4 is 21.4 Å². The van der Waals surface area contributed by atoms with Crippen molar-refractivity contribution in [2.45, 2.75) is 6.92 Å². The van der Waals surface area contributed by atoms with E-state index < -0.39 is 0 Å². The minimum absolute atomic E-state index is 0.364. The molecule has 0 fully saturated rings. The molecule has 0 aliphatic rings. The molecule has 0 spiro atoms. The zero-order chi connectivity index (χ0) is 11.8. The lowest BCUT2D eigenvalue weighted by atomic mass is 10.0. The van der Waals surface area contributed by atoms with Crippen LogP contribution in [-0.2, 0) is 0 Å². The summed E-state index contributed by atoms with van der Waals surface area (Å²) in [5.74, 6) is 0.364. The maximum atomic E-state index is 10.2. The van der Waals surface area contributed by atoms with Crippen molar-refractivity contribution in [2.75, 3.05) is 0 Å². The van der Waals surface area contributed by atoms with Crippen LogP contribution >= 0.6 is 11.3 Å². The van der Waals surface area contributed by atoms with Gasteiger partial charge in [0, 0.05) is 10.3 Å². The third-order valence-electron chi connectivity index (χ3n) is 2.99. The number of hydrogen-bond donors (Lipinski definition) is 1. The van der Waals surface area contributed by atoms with E-state index in [4.69, 9.17) is 0 Å². The lowest BCUT2D eigenvalue weighted by Crippen LogP contribution is -1.82. The number of aryl methyl sites for hydroxylation is 1. The van der Waals surface area contributed by atoms with E-state index >= 15 is 0 Å². The standard InChI is InChI=1S/C15H12OS/c1-10-9-13(16)14(11-5-3-2-4-6-11)15-12(10)7-8-17-15/h2-9,16H,1H3. The second-order valence-corrected chi connectivity index (χ2v) is 5.03. The second-order valence-electron chi connectivity index (χ2n) is 4.12. The molecule has 0 unspecified atom stereocenters. The molecule has 3 rings (SSSR count). The fraction of sp³-hybridized carbons (Fsp3) is 0.0667. The van der Waals surface area contributed by atoms with Crippen LogP contribution in [0, 0.1) is 6.92 Å². The van der Waals surface area contributed by atoms with E-state index in [0.717, 1.165) is 21.4 Å². The highest BCUT2D eigenvalue weighted by Gasteiger charge is 2.12. The molecule has 0 radical (unpaired) electrons. The smallest absolute Gasteiger partial charge is 0.125 e. The van der Waals surface area contributed by atoms with Crippen molar-refractivity contribution in [2.24, 2.45) is 0 Å². The predicted octanol–water partition coefficient (Wildman–Crippen LogP) is 4.58. The van der Waals surface area contributed by atoms with Crippen molar-refractivity contribution in [1.82, 2.24) is 0 Å². The molecule has 0 atom stereocenters. The van der Waals surface area contributed by atoms with E-state index in [9.17, 15) is 5.11 Å². The zero-order valence-corrected chi connectivity index (χ0v) is 10.3. The second kappa shape index (κ2) is 3.90. The van der Waals surface area contributed by atoms with Crippen molar-refractivity contribution < 1.29 is 5.11 Å². The summed E-state index contributed by atoms with van der Waals surface area (Å²) in [6, 6.07) is 14.0. The van der Waals surface area contributed by atoms with Crippen LogP contribution in [0.2, 0.25) is 0 Å². The zero-order valence-electron chi connectivity index (χ0n) is 9.47. The maximum absolute atomic E-state index is 10.2. The van der Waals surface area contributed by atoms with Gasteiger partial charge in [0.1, 0.15) is 5.75 Å². The lowest BCUT2D eigenvalue weighted by molar-refractivity contribution is 0.478. The van der Waals surface area contributed by atoms with E-state index in [-0.39, 0.29) is 0 Å². The number of fused-ring (bicyclic) bond motifs is 1. The Balaban J connectivity index is 2.40. The minimum atomic E-state index is 0.364. The average molecular weight is 240 g/mol. The van der Waals surface area contributed by atoms with Crippen molar-refractivity contribution in [1.29, 1.82) is 0 Å². The number of thiophene rings is 1. The summed E-state index contributed by atoms with van der Waals surface area (Å²) in [7, 11) is 0. The molecule has 1 N–H and O–H groups in total. The minimum Gasteiger partial charge on any atom is -0.507 e. The first kappa shape index (κ1) is 10.4. The molecule has 0 saturated heterocycles. The number of benzene rings is 2. The van der Waals surface area contributed by atoms with Crippen LogP contribution in [0.4, 0.5) is 0 Å². The van der Waals surface area contributed by atoms with E-state index in [2.05, 4.69) is 11.4 Å². The van der Waals surface area contributed by atoms with Crippen LogP contribution in [0.15, 0.2) is 47.8 Å². The third-order valence-corrected chi connectivity index (χ3v) is 3.92. The van der Waals surface area contributed by atoms with Gasteiger partial charge >= 0.3 is 0 Å². The number of phenolic OH excluding ortho intramolecular Hbond substituents is 1. The van der Waals surface area contributed by atoms with Crippen LogP contribution in [-0.4, -0.2) is 5.11 Å². The first-order valence-electron chi connectivity index (χ1n) is 5.52. The molecule has 0 aliphatic heterocycles. The van der Waals surface area contributed by atoms with E-state index in [1.807, 2.05) is 43.3 Å². The monoisotopic (exact) mass is 240 g/mol. The SMILES string of the molecule is Cc1cc(O)c(-c2ccccc2)c2sccc12. The molecule has 0 aliphatic carbocycles. The van der Waals surface area contributed by atoms with Gasteiger partial charge in [0.15, 0.2) is 0 Å². The van der Waals surface area contributed by atoms with E-state index in [0.29, 0.717) is 5.75 Å². The Morgan fingerprint density at radius 1 is 1.06 bits per heavy atom. The normalized spacial score (nSPS) is 10.9. The van der Waals surface area contributed by atoms with Gasteiger partial charge in [-0.05, 0) is 40.9 Å². The Kier molecular flexibility index (Phi) is 2.37. The molecule has 0 amide bonds. The molecule has 2 heteroatoms. The molecule has 1 nitrogen and oxygen atoms in total. The van der Waals surface area contributed by atoms with Gasteiger partial charge in [0.2, 0.25) is 0 Å². The van der Waals surface area contributed by atoms with Crippen LogP contribution in [0.5, 0.6) is 5.75 Å². The largest absolute Gasteiger partial charge is 0.507 e.